The van der Waals surface area contributed by atoms with Gasteiger partial charge in [-0.25, -0.2) is 18.6 Å². The van der Waals surface area contributed by atoms with Crippen LogP contribution in [0.4, 0.5) is 8.78 Å². The first-order chi connectivity index (χ1) is 6.97. The number of halogens is 3. The molecule has 15 heavy (non-hydrogen) atoms. The number of carboxylic acid groups (broad SMARTS) is 1. The molecule has 1 rings (SSSR count). The van der Waals surface area contributed by atoms with Crippen molar-refractivity contribution < 1.29 is 18.7 Å². The standard InChI is InChI=1S/C8H3BrF2N2O2/c9-4-1-3(2-12)5(8(14)15)13-6(4)7(10)11/h1,7H,(H,14,15). The molecule has 0 aromatic carbocycles. The molecule has 0 aliphatic carbocycles. The van der Waals surface area contributed by atoms with Crippen LogP contribution in [0.2, 0.25) is 0 Å². The maximum absolute atomic E-state index is 12.3. The third-order valence-electron chi connectivity index (χ3n) is 1.53. The first-order valence-electron chi connectivity index (χ1n) is 3.59. The van der Waals surface area contributed by atoms with Crippen LogP contribution in [0.25, 0.3) is 0 Å². The molecule has 0 amide bonds. The number of alkyl halides is 2. The summed E-state index contributed by atoms with van der Waals surface area (Å²) in [6, 6.07) is 2.58. The third kappa shape index (κ3) is 2.27. The van der Waals surface area contributed by atoms with Crippen LogP contribution in [0, 0.1) is 11.3 Å². The van der Waals surface area contributed by atoms with Gasteiger partial charge < -0.3 is 5.11 Å². The molecule has 1 aromatic rings. The van der Waals surface area contributed by atoms with Crippen molar-refractivity contribution >= 4 is 21.9 Å². The van der Waals surface area contributed by atoms with Crippen LogP contribution in [-0.4, -0.2) is 16.1 Å². The Bertz CT molecular complexity index is 457. The molecule has 7 heteroatoms. The van der Waals surface area contributed by atoms with E-state index in [4.69, 9.17) is 10.4 Å². The Morgan fingerprint density at radius 3 is 2.67 bits per heavy atom. The van der Waals surface area contributed by atoms with Crippen LogP contribution < -0.4 is 0 Å². The third-order valence-corrected chi connectivity index (χ3v) is 2.17. The number of hydrogen-bond acceptors (Lipinski definition) is 3. The zero-order chi connectivity index (χ0) is 11.6. The summed E-state index contributed by atoms with van der Waals surface area (Å²) >= 11 is 2.79. The second-order valence-corrected chi connectivity index (χ2v) is 3.32. The van der Waals surface area contributed by atoms with E-state index in [0.717, 1.165) is 6.07 Å². The Kier molecular flexibility index (Phi) is 3.31. The topological polar surface area (TPSA) is 74.0 Å². The van der Waals surface area contributed by atoms with Gasteiger partial charge in [0, 0.05) is 4.47 Å². The lowest BCUT2D eigenvalue weighted by atomic mass is 10.2. The molecule has 0 saturated carbocycles. The van der Waals surface area contributed by atoms with Crippen molar-refractivity contribution in [1.29, 1.82) is 5.26 Å². The van der Waals surface area contributed by atoms with Gasteiger partial charge in [0.15, 0.2) is 5.69 Å². The van der Waals surface area contributed by atoms with Crippen LogP contribution >= 0.6 is 15.9 Å². The molecule has 1 heterocycles. The van der Waals surface area contributed by atoms with Gasteiger partial charge in [0.25, 0.3) is 6.43 Å². The summed E-state index contributed by atoms with van der Waals surface area (Å²) in [7, 11) is 0. The van der Waals surface area contributed by atoms with E-state index in [-0.39, 0.29) is 10.0 Å². The van der Waals surface area contributed by atoms with Gasteiger partial charge in [-0.15, -0.1) is 0 Å². The smallest absolute Gasteiger partial charge is 0.355 e. The molecule has 0 unspecified atom stereocenters. The predicted octanol–water partition coefficient (Wildman–Crippen LogP) is 2.35. The van der Waals surface area contributed by atoms with Crippen molar-refractivity contribution in [1.82, 2.24) is 4.98 Å². The van der Waals surface area contributed by atoms with Gasteiger partial charge in [-0.3, -0.25) is 0 Å². The Hall–Kier alpha value is -1.55. The molecule has 0 aliphatic heterocycles. The molecule has 0 saturated heterocycles. The van der Waals surface area contributed by atoms with Crippen molar-refractivity contribution in [2.24, 2.45) is 0 Å². The highest BCUT2D eigenvalue weighted by molar-refractivity contribution is 9.10. The van der Waals surface area contributed by atoms with Gasteiger partial charge in [0.1, 0.15) is 11.8 Å². The van der Waals surface area contributed by atoms with Gasteiger partial charge in [-0.05, 0) is 22.0 Å². The molecule has 0 fully saturated rings. The summed E-state index contributed by atoms with van der Waals surface area (Å²) < 4.78 is 24.6. The Labute approximate surface area is 91.3 Å². The van der Waals surface area contributed by atoms with Crippen molar-refractivity contribution in [2.75, 3.05) is 0 Å². The molecule has 0 aliphatic rings. The lowest BCUT2D eigenvalue weighted by Crippen LogP contribution is -2.07. The summed E-state index contributed by atoms with van der Waals surface area (Å²) in [5.41, 5.74) is -1.62. The number of hydrogen-bond donors (Lipinski definition) is 1. The number of pyridine rings is 1. The van der Waals surface area contributed by atoms with Crippen LogP contribution in [0.5, 0.6) is 0 Å². The minimum Gasteiger partial charge on any atom is -0.476 e. The Balaban J connectivity index is 3.45. The Morgan fingerprint density at radius 2 is 2.27 bits per heavy atom. The minimum absolute atomic E-state index is 0.0842. The first kappa shape index (κ1) is 11.5. The van der Waals surface area contributed by atoms with Crippen LogP contribution in [0.1, 0.15) is 28.2 Å². The highest BCUT2D eigenvalue weighted by Crippen LogP contribution is 2.27. The number of nitriles is 1. The number of carboxylic acids is 1. The molecule has 1 aromatic heterocycles. The lowest BCUT2D eigenvalue weighted by Gasteiger charge is -2.04. The molecule has 0 bridgehead atoms. The van der Waals surface area contributed by atoms with Crippen LogP contribution in [0.3, 0.4) is 0 Å². The summed E-state index contributed by atoms with van der Waals surface area (Å²) in [6.07, 6.45) is -2.90. The molecular weight excluding hydrogens is 274 g/mol. The SMILES string of the molecule is N#Cc1cc(Br)c(C(F)F)nc1C(=O)O. The van der Waals surface area contributed by atoms with Crippen LogP contribution in [0.15, 0.2) is 10.5 Å². The quantitative estimate of drug-likeness (QED) is 0.900. The van der Waals surface area contributed by atoms with Gasteiger partial charge in [0.05, 0.1) is 5.56 Å². The fraction of sp³-hybridized carbons (Fsp3) is 0.125. The highest BCUT2D eigenvalue weighted by atomic mass is 79.9. The van der Waals surface area contributed by atoms with E-state index < -0.39 is 23.8 Å². The van der Waals surface area contributed by atoms with E-state index in [0.29, 0.717) is 0 Å². The van der Waals surface area contributed by atoms with E-state index in [1.165, 1.54) is 0 Å². The van der Waals surface area contributed by atoms with E-state index >= 15 is 0 Å². The zero-order valence-electron chi connectivity index (χ0n) is 7.04. The average Bonchev–Trinajstić information content (AvgIpc) is 2.16. The highest BCUT2D eigenvalue weighted by Gasteiger charge is 2.20. The van der Waals surface area contributed by atoms with E-state index in [9.17, 15) is 13.6 Å². The molecule has 0 atom stereocenters. The maximum Gasteiger partial charge on any atom is 0.355 e. The van der Waals surface area contributed by atoms with Crippen molar-refractivity contribution in [3.63, 3.8) is 0 Å². The van der Waals surface area contributed by atoms with Gasteiger partial charge >= 0.3 is 5.97 Å². The average molecular weight is 277 g/mol. The predicted molar refractivity (Wildman–Crippen MR) is 48.6 cm³/mol. The second kappa shape index (κ2) is 4.31. The molecule has 4 nitrogen and oxygen atoms in total. The van der Waals surface area contributed by atoms with Gasteiger partial charge in [-0.1, -0.05) is 0 Å². The molecule has 78 valence electrons. The fourth-order valence-corrected chi connectivity index (χ4v) is 1.40. The van der Waals surface area contributed by atoms with E-state index in [2.05, 4.69) is 20.9 Å². The number of rotatable bonds is 2. The second-order valence-electron chi connectivity index (χ2n) is 2.47. The van der Waals surface area contributed by atoms with Gasteiger partial charge in [-0.2, -0.15) is 5.26 Å². The first-order valence-corrected chi connectivity index (χ1v) is 4.38. The number of aromatic carboxylic acids is 1. The van der Waals surface area contributed by atoms with Gasteiger partial charge in [0.2, 0.25) is 0 Å². The number of carbonyl (C=O) groups is 1. The maximum atomic E-state index is 12.3. The van der Waals surface area contributed by atoms with E-state index in [1.807, 2.05) is 0 Å². The summed E-state index contributed by atoms with van der Waals surface area (Å²) in [5, 5.41) is 17.2. The molecule has 0 spiro atoms. The van der Waals surface area contributed by atoms with Crippen LogP contribution in [-0.2, 0) is 0 Å². The molecule has 0 radical (unpaired) electrons. The Morgan fingerprint density at radius 1 is 1.67 bits per heavy atom. The molecule has 1 N–H and O–H groups in total. The zero-order valence-corrected chi connectivity index (χ0v) is 8.62. The number of aromatic nitrogens is 1. The normalized spacial score (nSPS) is 10.1. The van der Waals surface area contributed by atoms with E-state index in [1.54, 1.807) is 6.07 Å². The van der Waals surface area contributed by atoms with Crippen molar-refractivity contribution in [3.05, 3.63) is 27.5 Å². The minimum atomic E-state index is -2.90. The molecular formula is C8H3BrF2N2O2. The van der Waals surface area contributed by atoms with Crippen molar-refractivity contribution in [2.45, 2.75) is 6.43 Å². The fourth-order valence-electron chi connectivity index (χ4n) is 0.904. The largest absolute Gasteiger partial charge is 0.476 e. The van der Waals surface area contributed by atoms with Crippen molar-refractivity contribution in [3.8, 4) is 6.07 Å². The summed E-state index contributed by atoms with van der Waals surface area (Å²) in [5.74, 6) is -1.51. The summed E-state index contributed by atoms with van der Waals surface area (Å²) in [6.45, 7) is 0. The number of nitrogens with zero attached hydrogens (tertiary/aromatic N) is 2. The lowest BCUT2D eigenvalue weighted by molar-refractivity contribution is 0.0688. The monoisotopic (exact) mass is 276 g/mol. The summed E-state index contributed by atoms with van der Waals surface area (Å²) in [4.78, 5) is 13.8.